The molecule has 0 bridgehead atoms. The van der Waals surface area contributed by atoms with Crippen molar-refractivity contribution in [1.29, 1.82) is 0 Å². The van der Waals surface area contributed by atoms with E-state index in [1.165, 1.54) is 21.3 Å². The van der Waals surface area contributed by atoms with Gasteiger partial charge in [-0.2, -0.15) is 4.31 Å². The number of nitrogens with zero attached hydrogens (tertiary/aromatic N) is 2. The van der Waals surface area contributed by atoms with E-state index in [1.807, 2.05) is 13.8 Å². The number of piperidine rings is 1. The van der Waals surface area contributed by atoms with Gasteiger partial charge in [-0.05, 0) is 67.6 Å². The van der Waals surface area contributed by atoms with E-state index in [4.69, 9.17) is 0 Å². The number of benzene rings is 1. The van der Waals surface area contributed by atoms with Crippen LogP contribution in [0.5, 0.6) is 0 Å². The average Bonchev–Trinajstić information content (AvgIpc) is 3.27. The highest BCUT2D eigenvalue weighted by atomic mass is 32.2. The van der Waals surface area contributed by atoms with Crippen LogP contribution in [-0.2, 0) is 16.6 Å². The van der Waals surface area contributed by atoms with Crippen LogP contribution in [0.2, 0.25) is 0 Å². The van der Waals surface area contributed by atoms with Gasteiger partial charge in [-0.15, -0.1) is 11.3 Å². The van der Waals surface area contributed by atoms with Crippen LogP contribution in [0, 0.1) is 5.92 Å². The molecule has 8 heteroatoms. The predicted molar refractivity (Wildman–Crippen MR) is 121 cm³/mol. The van der Waals surface area contributed by atoms with E-state index < -0.39 is 10.0 Å². The lowest BCUT2D eigenvalue weighted by Crippen LogP contribution is -2.38. The third-order valence-electron chi connectivity index (χ3n) is 5.68. The number of carbonyl (C=O) groups excluding carboxylic acids is 1. The summed E-state index contributed by atoms with van der Waals surface area (Å²) >= 11 is 1.80. The number of amides is 1. The minimum Gasteiger partial charge on any atom is -0.352 e. The lowest BCUT2D eigenvalue weighted by Gasteiger charge is -2.31. The van der Waals surface area contributed by atoms with Gasteiger partial charge in [-0.1, -0.05) is 19.9 Å². The Balaban J connectivity index is 1.47. The monoisotopic (exact) mass is 449 g/mol. The highest BCUT2D eigenvalue weighted by Gasteiger charge is 2.23. The SMILES string of the molecule is CCN(CC)S(=O)(=O)c1ccc(C(=O)NCC2CCN(Cc3cccs3)CC2)cc1. The van der Waals surface area contributed by atoms with Crippen molar-refractivity contribution >= 4 is 27.3 Å². The molecular formula is C22H31N3O3S2. The molecule has 2 aromatic rings. The van der Waals surface area contributed by atoms with E-state index in [9.17, 15) is 13.2 Å². The normalized spacial score (nSPS) is 16.1. The molecule has 1 aliphatic rings. The number of hydrogen-bond donors (Lipinski definition) is 1. The topological polar surface area (TPSA) is 69.7 Å². The maximum atomic E-state index is 12.6. The molecular weight excluding hydrogens is 418 g/mol. The van der Waals surface area contributed by atoms with Crippen LogP contribution in [0.15, 0.2) is 46.7 Å². The van der Waals surface area contributed by atoms with Crippen molar-refractivity contribution in [3.05, 3.63) is 52.2 Å². The first kappa shape index (κ1) is 22.9. The van der Waals surface area contributed by atoms with Crippen LogP contribution < -0.4 is 5.32 Å². The maximum absolute atomic E-state index is 12.6. The van der Waals surface area contributed by atoms with Crippen LogP contribution in [-0.4, -0.2) is 56.3 Å². The zero-order valence-electron chi connectivity index (χ0n) is 17.7. The Hall–Kier alpha value is -1.74. The largest absolute Gasteiger partial charge is 0.352 e. The van der Waals surface area contributed by atoms with E-state index in [1.54, 1.807) is 23.5 Å². The quantitative estimate of drug-likeness (QED) is 0.637. The summed E-state index contributed by atoms with van der Waals surface area (Å²) in [5.41, 5.74) is 0.489. The maximum Gasteiger partial charge on any atom is 0.251 e. The number of nitrogens with one attached hydrogen (secondary N) is 1. The highest BCUT2D eigenvalue weighted by Crippen LogP contribution is 2.20. The molecule has 1 aromatic carbocycles. The fourth-order valence-electron chi connectivity index (χ4n) is 3.80. The number of likely N-dealkylation sites (tertiary alicyclic amines) is 1. The van der Waals surface area contributed by atoms with Crippen LogP contribution in [0.4, 0.5) is 0 Å². The molecule has 1 fully saturated rings. The second kappa shape index (κ2) is 10.5. The van der Waals surface area contributed by atoms with E-state index in [-0.39, 0.29) is 10.8 Å². The number of thiophene rings is 1. The standard InChI is InChI=1S/C22H31N3O3S2/c1-3-25(4-2)30(27,28)21-9-7-19(8-10-21)22(26)23-16-18-11-13-24(14-12-18)17-20-6-5-15-29-20/h5-10,15,18H,3-4,11-14,16-17H2,1-2H3,(H,23,26). The highest BCUT2D eigenvalue weighted by molar-refractivity contribution is 7.89. The lowest BCUT2D eigenvalue weighted by molar-refractivity contribution is 0.0935. The Labute approximate surface area is 183 Å². The van der Waals surface area contributed by atoms with Crippen molar-refractivity contribution in [2.75, 3.05) is 32.7 Å². The second-order valence-corrected chi connectivity index (χ2v) is 10.6. The molecule has 0 atom stereocenters. The summed E-state index contributed by atoms with van der Waals surface area (Å²) in [4.78, 5) is 16.6. The molecule has 6 nitrogen and oxygen atoms in total. The van der Waals surface area contributed by atoms with Crippen molar-refractivity contribution in [2.24, 2.45) is 5.92 Å². The molecule has 30 heavy (non-hydrogen) atoms. The van der Waals surface area contributed by atoms with Gasteiger partial charge >= 0.3 is 0 Å². The average molecular weight is 450 g/mol. The van der Waals surface area contributed by atoms with Crippen molar-refractivity contribution in [2.45, 2.75) is 38.1 Å². The summed E-state index contributed by atoms with van der Waals surface area (Å²) in [7, 11) is -3.50. The van der Waals surface area contributed by atoms with Crippen molar-refractivity contribution in [3.8, 4) is 0 Å². The molecule has 0 radical (unpaired) electrons. The van der Waals surface area contributed by atoms with E-state index in [0.717, 1.165) is 32.5 Å². The molecule has 0 saturated carbocycles. The van der Waals surface area contributed by atoms with Gasteiger partial charge in [0.2, 0.25) is 10.0 Å². The molecule has 1 amide bonds. The smallest absolute Gasteiger partial charge is 0.251 e. The Kier molecular flexibility index (Phi) is 8.05. The molecule has 1 aliphatic heterocycles. The van der Waals surface area contributed by atoms with Gasteiger partial charge in [0.25, 0.3) is 5.91 Å². The molecule has 1 saturated heterocycles. The molecule has 2 heterocycles. The van der Waals surface area contributed by atoms with Gasteiger partial charge in [0.1, 0.15) is 0 Å². The first-order valence-electron chi connectivity index (χ1n) is 10.6. The summed E-state index contributed by atoms with van der Waals surface area (Å²) in [6.07, 6.45) is 2.15. The molecule has 0 spiro atoms. The summed E-state index contributed by atoms with van der Waals surface area (Å²) in [5, 5.41) is 5.13. The van der Waals surface area contributed by atoms with Gasteiger partial charge in [-0.3, -0.25) is 9.69 Å². The lowest BCUT2D eigenvalue weighted by atomic mass is 9.96. The second-order valence-electron chi connectivity index (χ2n) is 7.62. The third-order valence-corrected chi connectivity index (χ3v) is 8.60. The van der Waals surface area contributed by atoms with E-state index in [0.29, 0.717) is 31.1 Å². The number of hydrogen-bond acceptors (Lipinski definition) is 5. The zero-order chi connectivity index (χ0) is 21.6. The minimum absolute atomic E-state index is 0.150. The Morgan fingerprint density at radius 3 is 2.37 bits per heavy atom. The first-order chi connectivity index (χ1) is 14.4. The Morgan fingerprint density at radius 1 is 1.13 bits per heavy atom. The van der Waals surface area contributed by atoms with Gasteiger partial charge in [-0.25, -0.2) is 8.42 Å². The molecule has 0 aliphatic carbocycles. The van der Waals surface area contributed by atoms with Crippen molar-refractivity contribution in [3.63, 3.8) is 0 Å². The van der Waals surface area contributed by atoms with Crippen LogP contribution >= 0.6 is 11.3 Å². The number of rotatable bonds is 9. The third kappa shape index (κ3) is 5.69. The number of sulfonamides is 1. The molecule has 1 aromatic heterocycles. The molecule has 3 rings (SSSR count). The van der Waals surface area contributed by atoms with Crippen LogP contribution in [0.1, 0.15) is 41.9 Å². The van der Waals surface area contributed by atoms with Gasteiger partial charge < -0.3 is 5.32 Å². The summed E-state index contributed by atoms with van der Waals surface area (Å²) in [6, 6.07) is 10.5. The van der Waals surface area contributed by atoms with Crippen molar-refractivity contribution < 1.29 is 13.2 Å². The summed E-state index contributed by atoms with van der Waals surface area (Å²) in [6.45, 7) is 8.25. The molecule has 164 valence electrons. The fourth-order valence-corrected chi connectivity index (χ4v) is 6.01. The first-order valence-corrected chi connectivity index (χ1v) is 12.9. The van der Waals surface area contributed by atoms with Gasteiger partial charge in [0.05, 0.1) is 4.90 Å². The van der Waals surface area contributed by atoms with E-state index in [2.05, 4.69) is 27.7 Å². The predicted octanol–water partition coefficient (Wildman–Crippen LogP) is 3.42. The van der Waals surface area contributed by atoms with Crippen LogP contribution in [0.3, 0.4) is 0 Å². The number of carbonyl (C=O) groups is 1. The van der Waals surface area contributed by atoms with Crippen molar-refractivity contribution in [1.82, 2.24) is 14.5 Å². The van der Waals surface area contributed by atoms with Gasteiger partial charge in [0, 0.05) is 36.6 Å². The summed E-state index contributed by atoms with van der Waals surface area (Å²) < 4.78 is 26.5. The van der Waals surface area contributed by atoms with Crippen LogP contribution in [0.25, 0.3) is 0 Å². The van der Waals surface area contributed by atoms with Gasteiger partial charge in [0.15, 0.2) is 0 Å². The summed E-state index contributed by atoms with van der Waals surface area (Å²) in [5.74, 6) is 0.332. The molecule has 0 unspecified atom stereocenters. The Bertz CT molecular complexity index is 900. The zero-order valence-corrected chi connectivity index (χ0v) is 19.3. The molecule has 1 N–H and O–H groups in total. The minimum atomic E-state index is -3.50. The Morgan fingerprint density at radius 2 is 1.80 bits per heavy atom. The fraction of sp³-hybridized carbons (Fsp3) is 0.500. The van der Waals surface area contributed by atoms with E-state index >= 15 is 0 Å².